The molecule has 0 saturated carbocycles. The fraction of sp³-hybridized carbons (Fsp3) is 0.562. The molecule has 1 saturated heterocycles. The summed E-state index contributed by atoms with van der Waals surface area (Å²) in [5, 5.41) is 0. The Morgan fingerprint density at radius 3 is 2.86 bits per heavy atom. The molecular weight excluding hydrogens is 264 g/mol. The first-order chi connectivity index (χ1) is 10.3. The molecule has 0 amide bonds. The Balaban J connectivity index is 1.60. The number of ether oxygens (including phenoxy) is 1. The SMILES string of the molecule is CC(CN=C(N)N1CCOCC1)N1CCc2ccccc21. The van der Waals surface area contributed by atoms with Crippen LogP contribution < -0.4 is 10.6 Å². The number of aliphatic imine (C=N–C) groups is 1. The van der Waals surface area contributed by atoms with Crippen molar-refractivity contribution in [2.75, 3.05) is 44.3 Å². The quantitative estimate of drug-likeness (QED) is 0.668. The third-order valence-electron chi connectivity index (χ3n) is 4.31. The molecule has 1 aromatic carbocycles. The minimum atomic E-state index is 0.369. The van der Waals surface area contributed by atoms with Gasteiger partial charge in [0.1, 0.15) is 0 Å². The van der Waals surface area contributed by atoms with Gasteiger partial charge in [-0.05, 0) is 25.0 Å². The lowest BCUT2D eigenvalue weighted by Crippen LogP contribution is -2.45. The van der Waals surface area contributed by atoms with Gasteiger partial charge in [-0.15, -0.1) is 0 Å². The maximum atomic E-state index is 6.09. The summed E-state index contributed by atoms with van der Waals surface area (Å²) in [7, 11) is 0. The van der Waals surface area contributed by atoms with E-state index >= 15 is 0 Å². The first-order valence-electron chi connectivity index (χ1n) is 7.73. The zero-order valence-electron chi connectivity index (χ0n) is 12.7. The summed E-state index contributed by atoms with van der Waals surface area (Å²) in [5.41, 5.74) is 8.88. The molecule has 0 aromatic heterocycles. The number of nitrogens with zero attached hydrogens (tertiary/aromatic N) is 3. The van der Waals surface area contributed by atoms with Crippen LogP contribution in [0.15, 0.2) is 29.3 Å². The Morgan fingerprint density at radius 2 is 2.05 bits per heavy atom. The number of benzene rings is 1. The number of fused-ring (bicyclic) bond motifs is 1. The van der Waals surface area contributed by atoms with Crippen molar-refractivity contribution in [3.63, 3.8) is 0 Å². The van der Waals surface area contributed by atoms with Gasteiger partial charge in [0, 0.05) is 31.4 Å². The first-order valence-corrected chi connectivity index (χ1v) is 7.73. The van der Waals surface area contributed by atoms with E-state index in [2.05, 4.69) is 46.0 Å². The largest absolute Gasteiger partial charge is 0.378 e. The number of para-hydroxylation sites is 1. The van der Waals surface area contributed by atoms with Crippen LogP contribution in [0.25, 0.3) is 0 Å². The minimum absolute atomic E-state index is 0.369. The van der Waals surface area contributed by atoms with E-state index in [1.54, 1.807) is 0 Å². The molecule has 1 atom stereocenters. The molecule has 2 aliphatic rings. The third-order valence-corrected chi connectivity index (χ3v) is 4.31. The summed E-state index contributed by atoms with van der Waals surface area (Å²) in [6, 6.07) is 9.01. The van der Waals surface area contributed by atoms with E-state index in [1.165, 1.54) is 11.3 Å². The molecule has 114 valence electrons. The van der Waals surface area contributed by atoms with Crippen LogP contribution in [0, 0.1) is 0 Å². The van der Waals surface area contributed by atoms with Gasteiger partial charge in [-0.1, -0.05) is 18.2 Å². The van der Waals surface area contributed by atoms with Gasteiger partial charge in [-0.2, -0.15) is 0 Å². The zero-order chi connectivity index (χ0) is 14.7. The topological polar surface area (TPSA) is 54.1 Å². The van der Waals surface area contributed by atoms with Crippen molar-refractivity contribution in [1.82, 2.24) is 4.90 Å². The van der Waals surface area contributed by atoms with Gasteiger partial charge >= 0.3 is 0 Å². The van der Waals surface area contributed by atoms with Crippen molar-refractivity contribution < 1.29 is 4.74 Å². The summed E-state index contributed by atoms with van der Waals surface area (Å²) < 4.78 is 5.34. The molecular formula is C16H24N4O. The zero-order valence-corrected chi connectivity index (χ0v) is 12.7. The van der Waals surface area contributed by atoms with Crippen molar-refractivity contribution in [2.45, 2.75) is 19.4 Å². The third kappa shape index (κ3) is 3.13. The van der Waals surface area contributed by atoms with E-state index < -0.39 is 0 Å². The molecule has 0 aliphatic carbocycles. The molecule has 21 heavy (non-hydrogen) atoms. The maximum absolute atomic E-state index is 6.09. The maximum Gasteiger partial charge on any atom is 0.191 e. The number of nitrogens with two attached hydrogens (primary N) is 1. The van der Waals surface area contributed by atoms with E-state index in [-0.39, 0.29) is 0 Å². The standard InChI is InChI=1S/C16H24N4O/c1-13(12-18-16(17)19-8-10-21-11-9-19)20-7-6-14-4-2-3-5-15(14)20/h2-5,13H,6-12H2,1H3,(H2,17,18). The fourth-order valence-electron chi connectivity index (χ4n) is 3.04. The average molecular weight is 288 g/mol. The molecule has 2 aliphatic heterocycles. The summed E-state index contributed by atoms with van der Waals surface area (Å²) in [6.45, 7) is 7.20. The number of morpholine rings is 1. The summed E-state index contributed by atoms with van der Waals surface area (Å²) in [6.07, 6.45) is 1.13. The van der Waals surface area contributed by atoms with E-state index in [0.29, 0.717) is 12.0 Å². The highest BCUT2D eigenvalue weighted by Crippen LogP contribution is 2.29. The second-order valence-corrected chi connectivity index (χ2v) is 5.72. The highest BCUT2D eigenvalue weighted by Gasteiger charge is 2.22. The van der Waals surface area contributed by atoms with Crippen molar-refractivity contribution in [3.8, 4) is 0 Å². The number of guanidine groups is 1. The highest BCUT2D eigenvalue weighted by molar-refractivity contribution is 5.78. The summed E-state index contributed by atoms with van der Waals surface area (Å²) in [4.78, 5) is 9.13. The molecule has 5 heteroatoms. The predicted octanol–water partition coefficient (Wildman–Crippen LogP) is 1.08. The molecule has 1 aromatic rings. The summed E-state index contributed by atoms with van der Waals surface area (Å²) >= 11 is 0. The van der Waals surface area contributed by atoms with Crippen molar-refractivity contribution in [2.24, 2.45) is 10.7 Å². The Labute approximate surface area is 126 Å². The monoisotopic (exact) mass is 288 g/mol. The van der Waals surface area contributed by atoms with Gasteiger partial charge in [-0.25, -0.2) is 0 Å². The Morgan fingerprint density at radius 1 is 1.29 bits per heavy atom. The lowest BCUT2D eigenvalue weighted by atomic mass is 10.2. The van der Waals surface area contributed by atoms with E-state index in [1.807, 2.05) is 0 Å². The normalized spacial score (nSPS) is 20.5. The van der Waals surface area contributed by atoms with E-state index in [9.17, 15) is 0 Å². The average Bonchev–Trinajstić information content (AvgIpc) is 2.97. The van der Waals surface area contributed by atoms with Crippen LogP contribution in [0.5, 0.6) is 0 Å². The van der Waals surface area contributed by atoms with Crippen molar-refractivity contribution in [3.05, 3.63) is 29.8 Å². The first kappa shape index (κ1) is 14.2. The smallest absolute Gasteiger partial charge is 0.191 e. The van der Waals surface area contributed by atoms with Crippen LogP contribution in [0.1, 0.15) is 12.5 Å². The second kappa shape index (κ2) is 6.35. The molecule has 2 heterocycles. The van der Waals surface area contributed by atoms with Crippen molar-refractivity contribution >= 4 is 11.6 Å². The van der Waals surface area contributed by atoms with Crippen molar-refractivity contribution in [1.29, 1.82) is 0 Å². The van der Waals surface area contributed by atoms with Crippen LogP contribution in [0.3, 0.4) is 0 Å². The van der Waals surface area contributed by atoms with E-state index in [0.717, 1.165) is 45.8 Å². The van der Waals surface area contributed by atoms with Gasteiger partial charge in [0.15, 0.2) is 5.96 Å². The van der Waals surface area contributed by atoms with Gasteiger partial charge in [0.05, 0.1) is 19.8 Å². The Hall–Kier alpha value is -1.75. The molecule has 1 fully saturated rings. The van der Waals surface area contributed by atoms with Crippen LogP contribution >= 0.6 is 0 Å². The molecule has 5 nitrogen and oxygen atoms in total. The van der Waals surface area contributed by atoms with Crippen LogP contribution in [0.2, 0.25) is 0 Å². The van der Waals surface area contributed by atoms with Gasteiger partial charge in [-0.3, -0.25) is 4.99 Å². The van der Waals surface area contributed by atoms with Crippen LogP contribution in [-0.2, 0) is 11.2 Å². The van der Waals surface area contributed by atoms with Gasteiger partial charge < -0.3 is 20.3 Å². The number of hydrogen-bond acceptors (Lipinski definition) is 3. The second-order valence-electron chi connectivity index (χ2n) is 5.72. The summed E-state index contributed by atoms with van der Waals surface area (Å²) in [5.74, 6) is 0.651. The Bertz CT molecular complexity index is 511. The van der Waals surface area contributed by atoms with Gasteiger partial charge in [0.2, 0.25) is 0 Å². The predicted molar refractivity (Wildman–Crippen MR) is 85.8 cm³/mol. The number of rotatable bonds is 3. The lowest BCUT2D eigenvalue weighted by molar-refractivity contribution is 0.0674. The number of hydrogen-bond donors (Lipinski definition) is 1. The highest BCUT2D eigenvalue weighted by atomic mass is 16.5. The molecule has 0 bridgehead atoms. The minimum Gasteiger partial charge on any atom is -0.378 e. The van der Waals surface area contributed by atoms with E-state index in [4.69, 9.17) is 10.5 Å². The van der Waals surface area contributed by atoms with Crippen LogP contribution in [0.4, 0.5) is 5.69 Å². The molecule has 0 radical (unpaired) electrons. The molecule has 3 rings (SSSR count). The molecule has 1 unspecified atom stereocenters. The lowest BCUT2D eigenvalue weighted by Gasteiger charge is -2.29. The number of anilines is 1. The van der Waals surface area contributed by atoms with Crippen LogP contribution in [-0.4, -0.2) is 56.3 Å². The fourth-order valence-corrected chi connectivity index (χ4v) is 3.04. The molecule has 0 spiro atoms. The molecule has 2 N–H and O–H groups in total. The van der Waals surface area contributed by atoms with Gasteiger partial charge in [0.25, 0.3) is 0 Å². The Kier molecular flexibility index (Phi) is 4.29.